The summed E-state index contributed by atoms with van der Waals surface area (Å²) in [5.74, 6) is -0.0247. The molecule has 1 aromatic carbocycles. The largest absolute Gasteiger partial charge is 0.326 e. The summed E-state index contributed by atoms with van der Waals surface area (Å²) in [4.78, 5) is 18.6. The molecular weight excluding hydrogens is 379 g/mol. The highest BCUT2D eigenvalue weighted by atomic mass is 35.5. The Morgan fingerprint density at radius 1 is 1.32 bits per heavy atom. The second-order valence-electron chi connectivity index (χ2n) is 5.80. The molecule has 0 aliphatic heterocycles. The van der Waals surface area contributed by atoms with Crippen LogP contribution in [0.25, 0.3) is 0 Å². The number of thiazole rings is 1. The van der Waals surface area contributed by atoms with Crippen LogP contribution < -0.4 is 10.6 Å². The first-order valence-electron chi connectivity index (χ1n) is 7.68. The molecule has 0 saturated heterocycles. The maximum Gasteiger partial charge on any atom is 0.228 e. The smallest absolute Gasteiger partial charge is 0.228 e. The van der Waals surface area contributed by atoms with Gasteiger partial charge in [-0.1, -0.05) is 19.1 Å². The van der Waals surface area contributed by atoms with Crippen LogP contribution in [0.15, 0.2) is 35.2 Å². The zero-order valence-electron chi connectivity index (χ0n) is 14.7. The van der Waals surface area contributed by atoms with Gasteiger partial charge in [-0.05, 0) is 31.8 Å². The monoisotopic (exact) mass is 404 g/mol. The highest BCUT2D eigenvalue weighted by Crippen LogP contribution is 2.14. The van der Waals surface area contributed by atoms with Crippen LogP contribution in [0.3, 0.4) is 0 Å². The van der Waals surface area contributed by atoms with Crippen molar-refractivity contribution in [1.82, 2.24) is 15.2 Å². The highest BCUT2D eigenvalue weighted by Gasteiger charge is 2.12. The zero-order chi connectivity index (χ0) is 16.7. The van der Waals surface area contributed by atoms with E-state index >= 15 is 0 Å². The molecule has 8 heteroatoms. The summed E-state index contributed by atoms with van der Waals surface area (Å²) >= 11 is 1.61. The van der Waals surface area contributed by atoms with Gasteiger partial charge in [-0.25, -0.2) is 4.98 Å². The van der Waals surface area contributed by atoms with Gasteiger partial charge in [0.05, 0.1) is 11.2 Å². The molecular formula is C17H26Cl2N4OS. The van der Waals surface area contributed by atoms with E-state index in [1.807, 2.05) is 37.7 Å². The number of carbonyl (C=O) groups excluding carboxylic acids is 1. The number of hydrogen-bond acceptors (Lipinski definition) is 5. The van der Waals surface area contributed by atoms with E-state index in [1.54, 1.807) is 11.3 Å². The fourth-order valence-electron chi connectivity index (χ4n) is 2.37. The lowest BCUT2D eigenvalue weighted by Crippen LogP contribution is -2.28. The number of hydrogen-bond donors (Lipinski definition) is 2. The lowest BCUT2D eigenvalue weighted by atomic mass is 10.1. The fraction of sp³-hybridized carbons (Fsp3) is 0.412. The van der Waals surface area contributed by atoms with Crippen molar-refractivity contribution in [2.24, 2.45) is 5.92 Å². The van der Waals surface area contributed by atoms with E-state index in [0.29, 0.717) is 6.54 Å². The van der Waals surface area contributed by atoms with Crippen LogP contribution in [0.2, 0.25) is 0 Å². The molecule has 0 radical (unpaired) electrons. The summed E-state index contributed by atoms with van der Waals surface area (Å²) in [7, 11) is 3.92. The van der Waals surface area contributed by atoms with Crippen molar-refractivity contribution in [1.29, 1.82) is 0 Å². The molecule has 0 spiro atoms. The van der Waals surface area contributed by atoms with Crippen molar-refractivity contribution in [2.45, 2.75) is 20.0 Å². The first kappa shape index (κ1) is 23.8. The Morgan fingerprint density at radius 2 is 2.08 bits per heavy atom. The van der Waals surface area contributed by atoms with Gasteiger partial charge >= 0.3 is 0 Å². The predicted molar refractivity (Wildman–Crippen MR) is 110 cm³/mol. The molecule has 5 nitrogen and oxygen atoms in total. The Morgan fingerprint density at radius 3 is 2.72 bits per heavy atom. The molecule has 0 fully saturated rings. The quantitative estimate of drug-likeness (QED) is 0.707. The van der Waals surface area contributed by atoms with Crippen molar-refractivity contribution >= 4 is 47.7 Å². The number of anilines is 1. The average Bonchev–Trinajstić information content (AvgIpc) is 3.00. The summed E-state index contributed by atoms with van der Waals surface area (Å²) in [6.45, 7) is 4.21. The molecule has 0 bridgehead atoms. The van der Waals surface area contributed by atoms with Crippen LogP contribution in [0.4, 0.5) is 5.69 Å². The maximum atomic E-state index is 12.1. The van der Waals surface area contributed by atoms with Gasteiger partial charge in [-0.15, -0.1) is 36.2 Å². The Labute approximate surface area is 166 Å². The Hall–Kier alpha value is -1.18. The average molecular weight is 405 g/mol. The molecule has 1 unspecified atom stereocenters. The summed E-state index contributed by atoms with van der Waals surface area (Å²) in [6.07, 6.45) is 0. The van der Waals surface area contributed by atoms with Crippen molar-refractivity contribution < 1.29 is 4.79 Å². The lowest BCUT2D eigenvalue weighted by Gasteiger charge is -2.16. The van der Waals surface area contributed by atoms with Crippen molar-refractivity contribution in [2.75, 3.05) is 26.0 Å². The number of carbonyl (C=O) groups is 1. The maximum absolute atomic E-state index is 12.1. The third-order valence-corrected chi connectivity index (χ3v) is 4.16. The molecule has 2 rings (SSSR count). The van der Waals surface area contributed by atoms with Crippen LogP contribution in [0, 0.1) is 5.92 Å². The molecule has 2 N–H and O–H groups in total. The second-order valence-corrected chi connectivity index (χ2v) is 6.52. The van der Waals surface area contributed by atoms with Crippen LogP contribution in [-0.2, 0) is 17.9 Å². The third-order valence-electron chi connectivity index (χ3n) is 3.52. The van der Waals surface area contributed by atoms with E-state index in [0.717, 1.165) is 24.5 Å². The van der Waals surface area contributed by atoms with E-state index in [9.17, 15) is 4.79 Å². The van der Waals surface area contributed by atoms with Gasteiger partial charge in [0.15, 0.2) is 0 Å². The lowest BCUT2D eigenvalue weighted by molar-refractivity contribution is -0.119. The zero-order valence-corrected chi connectivity index (χ0v) is 17.1. The Kier molecular flexibility index (Phi) is 11.6. The molecule has 1 aromatic heterocycles. The number of amides is 1. The highest BCUT2D eigenvalue weighted by molar-refractivity contribution is 7.07. The minimum atomic E-state index is -0.0593. The number of aromatic nitrogens is 1. The van der Waals surface area contributed by atoms with Crippen molar-refractivity contribution in [3.63, 3.8) is 0 Å². The van der Waals surface area contributed by atoms with Gasteiger partial charge < -0.3 is 10.6 Å². The third kappa shape index (κ3) is 8.16. The topological polar surface area (TPSA) is 57.3 Å². The molecule has 0 aliphatic carbocycles. The molecule has 1 heterocycles. The van der Waals surface area contributed by atoms with Crippen molar-refractivity contribution in [3.8, 4) is 0 Å². The molecule has 2 aromatic rings. The van der Waals surface area contributed by atoms with Gasteiger partial charge in [0.25, 0.3) is 0 Å². The minimum absolute atomic E-state index is 0. The van der Waals surface area contributed by atoms with E-state index in [2.05, 4.69) is 39.0 Å². The molecule has 140 valence electrons. The molecule has 0 aliphatic rings. The first-order valence-corrected chi connectivity index (χ1v) is 8.62. The predicted octanol–water partition coefficient (Wildman–Crippen LogP) is 3.41. The number of nitrogens with one attached hydrogen (secondary N) is 2. The van der Waals surface area contributed by atoms with Gasteiger partial charge in [-0.3, -0.25) is 9.69 Å². The van der Waals surface area contributed by atoms with Gasteiger partial charge in [0, 0.05) is 36.6 Å². The van der Waals surface area contributed by atoms with Crippen LogP contribution in [0.1, 0.15) is 18.2 Å². The van der Waals surface area contributed by atoms with Gasteiger partial charge in [0.2, 0.25) is 5.91 Å². The van der Waals surface area contributed by atoms with E-state index in [4.69, 9.17) is 0 Å². The molecule has 0 saturated carbocycles. The van der Waals surface area contributed by atoms with Crippen LogP contribution in [-0.4, -0.2) is 36.4 Å². The SMILES string of the molecule is CNCC(C)C(=O)Nc1cccc(CN(C)Cc2cscn2)c1.Cl.Cl. The number of benzene rings is 1. The number of nitrogens with zero attached hydrogens (tertiary/aromatic N) is 2. The van der Waals surface area contributed by atoms with Gasteiger partial charge in [-0.2, -0.15) is 0 Å². The fourth-order valence-corrected chi connectivity index (χ4v) is 2.92. The number of halogens is 2. The molecule has 25 heavy (non-hydrogen) atoms. The second kappa shape index (κ2) is 12.2. The summed E-state index contributed by atoms with van der Waals surface area (Å²) < 4.78 is 0. The molecule has 1 amide bonds. The summed E-state index contributed by atoms with van der Waals surface area (Å²) in [5.41, 5.74) is 4.95. The summed E-state index contributed by atoms with van der Waals surface area (Å²) in [6, 6.07) is 8.00. The Balaban J connectivity index is 0.00000288. The van der Waals surface area contributed by atoms with E-state index in [-0.39, 0.29) is 36.6 Å². The van der Waals surface area contributed by atoms with E-state index in [1.165, 1.54) is 5.56 Å². The van der Waals surface area contributed by atoms with Gasteiger partial charge in [0.1, 0.15) is 0 Å². The van der Waals surface area contributed by atoms with Crippen LogP contribution in [0.5, 0.6) is 0 Å². The molecule has 1 atom stereocenters. The Bertz CT molecular complexity index is 625. The summed E-state index contributed by atoms with van der Waals surface area (Å²) in [5, 5.41) is 8.06. The number of rotatable bonds is 8. The van der Waals surface area contributed by atoms with Crippen LogP contribution >= 0.6 is 36.2 Å². The minimum Gasteiger partial charge on any atom is -0.326 e. The first-order chi connectivity index (χ1) is 11.1. The van der Waals surface area contributed by atoms with Crippen molar-refractivity contribution in [3.05, 3.63) is 46.4 Å². The standard InChI is InChI=1S/C17H24N4OS.2ClH/c1-13(8-18-2)17(22)20-15-6-4-5-14(7-15)9-21(3)10-16-11-23-12-19-16;;/h4-7,11-13,18H,8-10H2,1-3H3,(H,20,22);2*1H. The van der Waals surface area contributed by atoms with E-state index < -0.39 is 0 Å². The normalized spacial score (nSPS) is 11.4.